The second kappa shape index (κ2) is 6.62. The van der Waals surface area contributed by atoms with Crippen molar-refractivity contribution in [3.63, 3.8) is 0 Å². The van der Waals surface area contributed by atoms with Crippen LogP contribution in [0.25, 0.3) is 0 Å². The Morgan fingerprint density at radius 2 is 2.13 bits per heavy atom. The van der Waals surface area contributed by atoms with Gasteiger partial charge < -0.3 is 5.11 Å². The van der Waals surface area contributed by atoms with Gasteiger partial charge in [0.2, 0.25) is 0 Å². The fraction of sp³-hybridized carbons (Fsp3) is 0.750. The van der Waals surface area contributed by atoms with Crippen molar-refractivity contribution in [2.45, 2.75) is 44.6 Å². The molecule has 0 aromatic rings. The first-order valence-electron chi connectivity index (χ1n) is 5.80. The summed E-state index contributed by atoms with van der Waals surface area (Å²) in [5.41, 5.74) is 0. The third kappa shape index (κ3) is 5.57. The molecule has 1 rings (SSSR count). The smallest absolute Gasteiger partial charge is 0.317 e. The Morgan fingerprint density at radius 1 is 1.40 bits per heavy atom. The van der Waals surface area contributed by atoms with Crippen LogP contribution in [0.15, 0.2) is 12.7 Å². The summed E-state index contributed by atoms with van der Waals surface area (Å²) in [4.78, 5) is 12.7. The van der Waals surface area contributed by atoms with Crippen molar-refractivity contribution in [1.82, 2.24) is 4.90 Å². The average molecular weight is 211 g/mol. The molecular formula is C12H21NO2. The molecule has 86 valence electrons. The number of allylic oxidation sites excluding steroid dienone is 1. The lowest BCUT2D eigenvalue weighted by Gasteiger charge is -2.19. The van der Waals surface area contributed by atoms with E-state index in [9.17, 15) is 4.79 Å². The first-order chi connectivity index (χ1) is 7.24. The van der Waals surface area contributed by atoms with Gasteiger partial charge in [-0.05, 0) is 38.6 Å². The van der Waals surface area contributed by atoms with E-state index in [1.807, 2.05) is 6.08 Å². The molecule has 0 saturated heterocycles. The average Bonchev–Trinajstić information content (AvgIpc) is 2.98. The summed E-state index contributed by atoms with van der Waals surface area (Å²) < 4.78 is 0. The number of hydrogen-bond acceptors (Lipinski definition) is 2. The highest BCUT2D eigenvalue weighted by molar-refractivity contribution is 5.69. The van der Waals surface area contributed by atoms with Crippen molar-refractivity contribution in [1.29, 1.82) is 0 Å². The SMILES string of the molecule is C=CCCCCCN(CC(=O)O)C1CC1. The molecule has 1 aliphatic rings. The second-order valence-electron chi connectivity index (χ2n) is 4.23. The molecule has 0 aliphatic heterocycles. The monoisotopic (exact) mass is 211 g/mol. The molecule has 1 N–H and O–H groups in total. The molecule has 0 unspecified atom stereocenters. The molecule has 3 heteroatoms. The van der Waals surface area contributed by atoms with Crippen molar-refractivity contribution in [2.75, 3.05) is 13.1 Å². The van der Waals surface area contributed by atoms with Gasteiger partial charge in [0.25, 0.3) is 0 Å². The quantitative estimate of drug-likeness (QED) is 0.470. The van der Waals surface area contributed by atoms with E-state index in [1.165, 1.54) is 25.7 Å². The number of hydrogen-bond donors (Lipinski definition) is 1. The predicted octanol–water partition coefficient (Wildman–Crippen LogP) is 2.28. The minimum Gasteiger partial charge on any atom is -0.480 e. The summed E-state index contributed by atoms with van der Waals surface area (Å²) in [6, 6.07) is 0.556. The zero-order chi connectivity index (χ0) is 11.1. The summed E-state index contributed by atoms with van der Waals surface area (Å²) in [6.07, 6.45) is 8.83. The number of carboxylic acid groups (broad SMARTS) is 1. The van der Waals surface area contributed by atoms with Crippen molar-refractivity contribution in [3.8, 4) is 0 Å². The second-order valence-corrected chi connectivity index (χ2v) is 4.23. The van der Waals surface area contributed by atoms with Gasteiger partial charge >= 0.3 is 5.97 Å². The first kappa shape index (κ1) is 12.2. The van der Waals surface area contributed by atoms with Crippen LogP contribution in [0.4, 0.5) is 0 Å². The lowest BCUT2D eigenvalue weighted by molar-refractivity contribution is -0.138. The molecule has 1 aliphatic carbocycles. The number of carbonyl (C=O) groups is 1. The number of carboxylic acids is 1. The van der Waals surface area contributed by atoms with Gasteiger partial charge in [0, 0.05) is 6.04 Å². The number of rotatable bonds is 9. The summed E-state index contributed by atoms with van der Waals surface area (Å²) in [6.45, 7) is 4.84. The lowest BCUT2D eigenvalue weighted by atomic mass is 10.2. The van der Waals surface area contributed by atoms with Gasteiger partial charge in [-0.3, -0.25) is 9.69 Å². The Hall–Kier alpha value is -0.830. The maximum atomic E-state index is 10.6. The Labute approximate surface area is 91.8 Å². The van der Waals surface area contributed by atoms with Crippen molar-refractivity contribution in [3.05, 3.63) is 12.7 Å². The third-order valence-electron chi connectivity index (χ3n) is 2.76. The van der Waals surface area contributed by atoms with Crippen LogP contribution >= 0.6 is 0 Å². The Morgan fingerprint density at radius 3 is 2.67 bits per heavy atom. The molecule has 0 aromatic heterocycles. The Bertz CT molecular complexity index is 212. The van der Waals surface area contributed by atoms with Gasteiger partial charge in [0.15, 0.2) is 0 Å². The number of aliphatic carboxylic acids is 1. The lowest BCUT2D eigenvalue weighted by Crippen LogP contribution is -2.32. The van der Waals surface area contributed by atoms with E-state index in [-0.39, 0.29) is 6.54 Å². The van der Waals surface area contributed by atoms with E-state index < -0.39 is 5.97 Å². The van der Waals surface area contributed by atoms with Crippen LogP contribution in [0.3, 0.4) is 0 Å². The van der Waals surface area contributed by atoms with Crippen molar-refractivity contribution < 1.29 is 9.90 Å². The third-order valence-corrected chi connectivity index (χ3v) is 2.76. The minimum atomic E-state index is -0.701. The highest BCUT2D eigenvalue weighted by Crippen LogP contribution is 2.26. The van der Waals surface area contributed by atoms with Crippen LogP contribution in [0, 0.1) is 0 Å². The number of nitrogens with zero attached hydrogens (tertiary/aromatic N) is 1. The highest BCUT2D eigenvalue weighted by atomic mass is 16.4. The largest absolute Gasteiger partial charge is 0.480 e. The normalized spacial score (nSPS) is 15.5. The van der Waals surface area contributed by atoms with Crippen molar-refractivity contribution in [2.24, 2.45) is 0 Å². The van der Waals surface area contributed by atoms with Gasteiger partial charge in [0.05, 0.1) is 6.54 Å². The molecular weight excluding hydrogens is 190 g/mol. The van der Waals surface area contributed by atoms with E-state index in [2.05, 4.69) is 11.5 Å². The molecule has 3 nitrogen and oxygen atoms in total. The molecule has 15 heavy (non-hydrogen) atoms. The first-order valence-corrected chi connectivity index (χ1v) is 5.80. The Balaban J connectivity index is 2.08. The van der Waals surface area contributed by atoms with Crippen LogP contribution in [-0.4, -0.2) is 35.1 Å². The molecule has 0 spiro atoms. The van der Waals surface area contributed by atoms with Crippen LogP contribution in [0.1, 0.15) is 38.5 Å². The van der Waals surface area contributed by atoms with Gasteiger partial charge in [-0.25, -0.2) is 0 Å². The van der Waals surface area contributed by atoms with Gasteiger partial charge in [-0.1, -0.05) is 12.5 Å². The topological polar surface area (TPSA) is 40.5 Å². The zero-order valence-corrected chi connectivity index (χ0v) is 9.32. The van der Waals surface area contributed by atoms with Crippen molar-refractivity contribution >= 4 is 5.97 Å². The van der Waals surface area contributed by atoms with Gasteiger partial charge in [0.1, 0.15) is 0 Å². The predicted molar refractivity (Wildman–Crippen MR) is 60.9 cm³/mol. The Kier molecular flexibility index (Phi) is 5.40. The van der Waals surface area contributed by atoms with E-state index in [4.69, 9.17) is 5.11 Å². The summed E-state index contributed by atoms with van der Waals surface area (Å²) >= 11 is 0. The molecule has 0 aromatic carbocycles. The van der Waals surface area contributed by atoms with E-state index in [0.29, 0.717) is 6.04 Å². The van der Waals surface area contributed by atoms with Crippen LogP contribution in [0.5, 0.6) is 0 Å². The summed E-state index contributed by atoms with van der Waals surface area (Å²) in [7, 11) is 0. The van der Waals surface area contributed by atoms with Crippen LogP contribution < -0.4 is 0 Å². The molecule has 1 fully saturated rings. The molecule has 0 heterocycles. The maximum Gasteiger partial charge on any atom is 0.317 e. The highest BCUT2D eigenvalue weighted by Gasteiger charge is 2.29. The molecule has 0 bridgehead atoms. The fourth-order valence-corrected chi connectivity index (χ4v) is 1.78. The zero-order valence-electron chi connectivity index (χ0n) is 9.32. The molecule has 1 saturated carbocycles. The van der Waals surface area contributed by atoms with Gasteiger partial charge in [-0.15, -0.1) is 6.58 Å². The fourth-order valence-electron chi connectivity index (χ4n) is 1.78. The maximum absolute atomic E-state index is 10.6. The standard InChI is InChI=1S/C12H21NO2/c1-2-3-4-5-6-9-13(10-12(14)15)11-7-8-11/h2,11H,1,3-10H2,(H,14,15). The van der Waals surface area contributed by atoms with Crippen LogP contribution in [0.2, 0.25) is 0 Å². The van der Waals surface area contributed by atoms with E-state index in [0.717, 1.165) is 19.4 Å². The molecule has 0 radical (unpaired) electrons. The molecule has 0 atom stereocenters. The minimum absolute atomic E-state index is 0.214. The van der Waals surface area contributed by atoms with E-state index in [1.54, 1.807) is 0 Å². The summed E-state index contributed by atoms with van der Waals surface area (Å²) in [5.74, 6) is -0.701. The van der Waals surface area contributed by atoms with Gasteiger partial charge in [-0.2, -0.15) is 0 Å². The summed E-state index contributed by atoms with van der Waals surface area (Å²) in [5, 5.41) is 8.75. The number of unbranched alkanes of at least 4 members (excludes halogenated alkanes) is 3. The molecule has 0 amide bonds. The van der Waals surface area contributed by atoms with E-state index >= 15 is 0 Å². The van der Waals surface area contributed by atoms with Crippen LogP contribution in [-0.2, 0) is 4.79 Å².